The van der Waals surface area contributed by atoms with Crippen molar-refractivity contribution in [2.45, 2.75) is 40.0 Å². The standard InChI is InChI=1S/C21H31N5O2.HI/c1-4-22-21(25-13-9-17(10-14-25)20(27)28-5-2)23-11-8-18-15-26-12-6-7-16(3)19(26)24-18;/h6-7,12,15,17H,4-5,8-11,13-14H2,1-3H3,(H,22,23);1H. The fourth-order valence-corrected chi connectivity index (χ4v) is 3.61. The number of carbonyl (C=O) groups is 1. The summed E-state index contributed by atoms with van der Waals surface area (Å²) in [6.45, 7) is 9.61. The predicted octanol–water partition coefficient (Wildman–Crippen LogP) is 3.04. The molecule has 1 fully saturated rings. The summed E-state index contributed by atoms with van der Waals surface area (Å²) in [5, 5.41) is 3.38. The van der Waals surface area contributed by atoms with Crippen LogP contribution in [0.2, 0.25) is 0 Å². The summed E-state index contributed by atoms with van der Waals surface area (Å²) >= 11 is 0. The SMILES string of the molecule is CCNC(=NCCc1cn2cccc(C)c2n1)N1CCC(C(=O)OCC)CC1.I. The molecule has 1 N–H and O–H groups in total. The Balaban J connectivity index is 0.00000300. The first-order chi connectivity index (χ1) is 13.6. The number of carbonyl (C=O) groups excluding carboxylic acids is 1. The third kappa shape index (κ3) is 6.07. The molecule has 0 saturated carbocycles. The van der Waals surface area contributed by atoms with Crippen LogP contribution in [0.5, 0.6) is 0 Å². The van der Waals surface area contributed by atoms with E-state index in [0.29, 0.717) is 13.2 Å². The van der Waals surface area contributed by atoms with E-state index < -0.39 is 0 Å². The number of aryl methyl sites for hydroxylation is 1. The van der Waals surface area contributed by atoms with Crippen molar-refractivity contribution in [3.8, 4) is 0 Å². The number of nitrogens with one attached hydrogen (secondary N) is 1. The zero-order chi connectivity index (χ0) is 19.9. The molecule has 3 rings (SSSR count). The van der Waals surface area contributed by atoms with E-state index >= 15 is 0 Å². The Labute approximate surface area is 189 Å². The average Bonchev–Trinajstić information content (AvgIpc) is 3.12. The van der Waals surface area contributed by atoms with Gasteiger partial charge in [0, 0.05) is 45.0 Å². The van der Waals surface area contributed by atoms with Crippen LogP contribution in [0, 0.1) is 12.8 Å². The van der Waals surface area contributed by atoms with E-state index in [1.54, 1.807) is 0 Å². The van der Waals surface area contributed by atoms with Crippen molar-refractivity contribution in [3.63, 3.8) is 0 Å². The molecule has 2 aromatic heterocycles. The van der Waals surface area contributed by atoms with Gasteiger partial charge in [-0.1, -0.05) is 6.07 Å². The normalized spacial score (nSPS) is 15.3. The molecule has 0 aliphatic carbocycles. The van der Waals surface area contributed by atoms with E-state index in [2.05, 4.69) is 40.7 Å². The molecule has 8 heteroatoms. The number of aliphatic imine (C=N–C) groups is 1. The summed E-state index contributed by atoms with van der Waals surface area (Å²) in [4.78, 5) is 23.7. The van der Waals surface area contributed by atoms with E-state index in [-0.39, 0.29) is 35.9 Å². The van der Waals surface area contributed by atoms with E-state index in [9.17, 15) is 4.79 Å². The molecule has 3 heterocycles. The van der Waals surface area contributed by atoms with Crippen molar-refractivity contribution in [1.82, 2.24) is 19.6 Å². The highest BCUT2D eigenvalue weighted by Gasteiger charge is 2.27. The highest BCUT2D eigenvalue weighted by molar-refractivity contribution is 14.0. The van der Waals surface area contributed by atoms with Crippen molar-refractivity contribution in [2.75, 3.05) is 32.8 Å². The van der Waals surface area contributed by atoms with Gasteiger partial charge < -0.3 is 19.4 Å². The summed E-state index contributed by atoms with van der Waals surface area (Å²) < 4.78 is 7.23. The number of aromatic nitrogens is 2. The summed E-state index contributed by atoms with van der Waals surface area (Å²) in [5.74, 6) is 0.872. The summed E-state index contributed by atoms with van der Waals surface area (Å²) in [7, 11) is 0. The molecule has 0 aromatic carbocycles. The van der Waals surface area contributed by atoms with Crippen LogP contribution >= 0.6 is 24.0 Å². The van der Waals surface area contributed by atoms with Crippen LogP contribution in [0.1, 0.15) is 37.9 Å². The maximum Gasteiger partial charge on any atom is 0.309 e. The quantitative estimate of drug-likeness (QED) is 0.278. The number of rotatable bonds is 6. The zero-order valence-corrected chi connectivity index (χ0v) is 19.9. The van der Waals surface area contributed by atoms with E-state index in [0.717, 1.165) is 56.2 Å². The largest absolute Gasteiger partial charge is 0.466 e. The number of likely N-dealkylation sites (tertiary alicyclic amines) is 1. The van der Waals surface area contributed by atoms with Gasteiger partial charge in [0.05, 0.1) is 18.2 Å². The maximum absolute atomic E-state index is 11.9. The van der Waals surface area contributed by atoms with Gasteiger partial charge in [0.15, 0.2) is 5.96 Å². The van der Waals surface area contributed by atoms with Gasteiger partial charge in [0.1, 0.15) is 5.65 Å². The van der Waals surface area contributed by atoms with Gasteiger partial charge in [-0.15, -0.1) is 24.0 Å². The minimum absolute atomic E-state index is 0. The van der Waals surface area contributed by atoms with Crippen molar-refractivity contribution in [3.05, 3.63) is 35.8 Å². The number of esters is 1. The first kappa shape index (κ1) is 23.4. The van der Waals surface area contributed by atoms with Crippen LogP contribution in [-0.2, 0) is 16.0 Å². The first-order valence-corrected chi connectivity index (χ1v) is 10.3. The Morgan fingerprint density at radius 1 is 1.34 bits per heavy atom. The number of piperidine rings is 1. The molecule has 2 aromatic rings. The molecule has 7 nitrogen and oxygen atoms in total. The second-order valence-electron chi connectivity index (χ2n) is 7.15. The van der Waals surface area contributed by atoms with Gasteiger partial charge in [-0.25, -0.2) is 4.98 Å². The van der Waals surface area contributed by atoms with Gasteiger partial charge in [0.25, 0.3) is 0 Å². The number of fused-ring (bicyclic) bond motifs is 1. The Bertz CT molecular complexity index is 828. The number of nitrogens with zero attached hydrogens (tertiary/aromatic N) is 4. The molecular formula is C21H32IN5O2. The van der Waals surface area contributed by atoms with Crippen LogP contribution < -0.4 is 5.32 Å². The molecule has 1 aliphatic rings. The van der Waals surface area contributed by atoms with Gasteiger partial charge >= 0.3 is 5.97 Å². The van der Waals surface area contributed by atoms with Gasteiger partial charge in [-0.2, -0.15) is 0 Å². The van der Waals surface area contributed by atoms with Gasteiger partial charge in [0.2, 0.25) is 0 Å². The molecule has 0 amide bonds. The van der Waals surface area contributed by atoms with Crippen molar-refractivity contribution in [2.24, 2.45) is 10.9 Å². The number of imidazole rings is 1. The molecule has 0 unspecified atom stereocenters. The van der Waals surface area contributed by atoms with E-state index in [4.69, 9.17) is 14.7 Å². The highest BCUT2D eigenvalue weighted by atomic mass is 127. The molecule has 1 aliphatic heterocycles. The molecule has 1 saturated heterocycles. The van der Waals surface area contributed by atoms with Crippen LogP contribution in [0.3, 0.4) is 0 Å². The zero-order valence-electron chi connectivity index (χ0n) is 17.6. The third-order valence-corrected chi connectivity index (χ3v) is 5.11. The van der Waals surface area contributed by atoms with E-state index in [1.807, 2.05) is 19.2 Å². The van der Waals surface area contributed by atoms with Gasteiger partial charge in [-0.05, 0) is 45.2 Å². The first-order valence-electron chi connectivity index (χ1n) is 10.3. The maximum atomic E-state index is 11.9. The minimum Gasteiger partial charge on any atom is -0.466 e. The topological polar surface area (TPSA) is 71.2 Å². The van der Waals surface area contributed by atoms with Crippen LogP contribution in [0.15, 0.2) is 29.5 Å². The fraction of sp³-hybridized carbons (Fsp3) is 0.571. The Hall–Kier alpha value is -1.84. The monoisotopic (exact) mass is 513 g/mol. The highest BCUT2D eigenvalue weighted by Crippen LogP contribution is 2.19. The second kappa shape index (κ2) is 11.4. The molecule has 0 spiro atoms. The van der Waals surface area contributed by atoms with Crippen LogP contribution in [-0.4, -0.2) is 59.0 Å². The lowest BCUT2D eigenvalue weighted by atomic mass is 9.97. The molecule has 29 heavy (non-hydrogen) atoms. The number of pyridine rings is 1. The Morgan fingerprint density at radius 2 is 2.10 bits per heavy atom. The Kier molecular flexibility index (Phi) is 9.19. The van der Waals surface area contributed by atoms with Crippen LogP contribution in [0.4, 0.5) is 0 Å². The molecule has 0 atom stereocenters. The predicted molar refractivity (Wildman–Crippen MR) is 126 cm³/mol. The summed E-state index contributed by atoms with van der Waals surface area (Å²) in [6, 6.07) is 4.11. The van der Waals surface area contributed by atoms with Crippen molar-refractivity contribution >= 4 is 41.6 Å². The van der Waals surface area contributed by atoms with Crippen LogP contribution in [0.25, 0.3) is 5.65 Å². The average molecular weight is 513 g/mol. The lowest BCUT2D eigenvalue weighted by Gasteiger charge is -2.33. The molecular weight excluding hydrogens is 481 g/mol. The minimum atomic E-state index is -0.0637. The smallest absolute Gasteiger partial charge is 0.309 e. The molecule has 0 bridgehead atoms. The lowest BCUT2D eigenvalue weighted by Crippen LogP contribution is -2.46. The second-order valence-corrected chi connectivity index (χ2v) is 7.15. The number of guanidine groups is 1. The summed E-state index contributed by atoms with van der Waals surface area (Å²) in [5.41, 5.74) is 3.24. The lowest BCUT2D eigenvalue weighted by molar-refractivity contribution is -0.149. The third-order valence-electron chi connectivity index (χ3n) is 5.11. The molecule has 0 radical (unpaired) electrons. The number of hydrogen-bond donors (Lipinski definition) is 1. The van der Waals surface area contributed by atoms with Crippen molar-refractivity contribution < 1.29 is 9.53 Å². The van der Waals surface area contributed by atoms with Gasteiger partial charge in [-0.3, -0.25) is 9.79 Å². The molecule has 160 valence electrons. The number of ether oxygens (including phenoxy) is 1. The fourth-order valence-electron chi connectivity index (χ4n) is 3.61. The Morgan fingerprint density at radius 3 is 2.76 bits per heavy atom. The number of halogens is 1. The van der Waals surface area contributed by atoms with E-state index in [1.165, 1.54) is 5.56 Å². The summed E-state index contributed by atoms with van der Waals surface area (Å²) in [6.07, 6.45) is 6.54. The number of hydrogen-bond acceptors (Lipinski definition) is 4. The van der Waals surface area contributed by atoms with Crippen molar-refractivity contribution in [1.29, 1.82) is 0 Å².